The Balaban J connectivity index is 1.49. The first-order valence-electron chi connectivity index (χ1n) is 10.9. The van der Waals surface area contributed by atoms with Gasteiger partial charge < -0.3 is 14.5 Å². The molecule has 0 bridgehead atoms. The van der Waals surface area contributed by atoms with Gasteiger partial charge in [0, 0.05) is 50.5 Å². The molecule has 2 aromatic carbocycles. The molecule has 2 aliphatic rings. The Morgan fingerprint density at radius 1 is 1.00 bits per heavy atom. The standard InChI is InChI=1S/C23H27ClFN3O4S/c1-16-14-28(15-17(2)32-16)33(30,31)22-13-18(3-8-21(22)24)23(29)27-11-9-26(10-12-27)20-6-4-19(25)5-7-20/h3-8,13,16-17H,9-12,14-15H2,1-2H3/t16-,17-/m0/s1. The molecule has 0 unspecified atom stereocenters. The highest BCUT2D eigenvalue weighted by Crippen LogP contribution is 2.29. The Morgan fingerprint density at radius 3 is 2.21 bits per heavy atom. The van der Waals surface area contributed by atoms with E-state index >= 15 is 0 Å². The zero-order chi connectivity index (χ0) is 23.8. The zero-order valence-electron chi connectivity index (χ0n) is 18.6. The van der Waals surface area contributed by atoms with Crippen LogP contribution in [0.3, 0.4) is 0 Å². The van der Waals surface area contributed by atoms with E-state index in [1.165, 1.54) is 28.6 Å². The maximum absolute atomic E-state index is 13.3. The minimum absolute atomic E-state index is 0.0683. The van der Waals surface area contributed by atoms with Crippen LogP contribution in [0.4, 0.5) is 10.1 Å². The SMILES string of the molecule is C[C@H]1CN(S(=O)(=O)c2cc(C(=O)N3CCN(c4ccc(F)cc4)CC3)ccc2Cl)C[C@H](C)O1. The van der Waals surface area contributed by atoms with E-state index in [0.29, 0.717) is 26.2 Å². The van der Waals surface area contributed by atoms with Crippen LogP contribution in [0.1, 0.15) is 24.2 Å². The van der Waals surface area contributed by atoms with Gasteiger partial charge in [-0.15, -0.1) is 0 Å². The van der Waals surface area contributed by atoms with E-state index in [1.54, 1.807) is 23.1 Å². The average molecular weight is 496 g/mol. The van der Waals surface area contributed by atoms with Crippen LogP contribution in [0.5, 0.6) is 0 Å². The first-order valence-corrected chi connectivity index (χ1v) is 12.7. The van der Waals surface area contributed by atoms with Crippen LogP contribution >= 0.6 is 11.6 Å². The Morgan fingerprint density at radius 2 is 1.61 bits per heavy atom. The van der Waals surface area contributed by atoms with E-state index in [2.05, 4.69) is 4.90 Å². The van der Waals surface area contributed by atoms with Gasteiger partial charge in [-0.25, -0.2) is 12.8 Å². The van der Waals surface area contributed by atoms with Crippen LogP contribution in [-0.2, 0) is 14.8 Å². The maximum Gasteiger partial charge on any atom is 0.254 e. The molecule has 0 aliphatic carbocycles. The molecule has 2 atom stereocenters. The number of morpholine rings is 1. The molecule has 2 fully saturated rings. The van der Waals surface area contributed by atoms with E-state index in [4.69, 9.17) is 16.3 Å². The van der Waals surface area contributed by atoms with E-state index in [0.717, 1.165) is 5.69 Å². The number of rotatable bonds is 4. The van der Waals surface area contributed by atoms with E-state index in [1.807, 2.05) is 13.8 Å². The molecular weight excluding hydrogens is 469 g/mol. The molecule has 33 heavy (non-hydrogen) atoms. The molecule has 0 N–H and O–H groups in total. The molecule has 178 valence electrons. The molecule has 7 nitrogen and oxygen atoms in total. The summed E-state index contributed by atoms with van der Waals surface area (Å²) in [5.74, 6) is -0.535. The normalized spacial score (nSPS) is 22.4. The molecule has 2 saturated heterocycles. The van der Waals surface area contributed by atoms with Crippen LogP contribution in [0.2, 0.25) is 5.02 Å². The van der Waals surface area contributed by atoms with Gasteiger partial charge in [-0.05, 0) is 56.3 Å². The summed E-state index contributed by atoms with van der Waals surface area (Å²) in [7, 11) is -3.88. The predicted octanol–water partition coefficient (Wildman–Crippen LogP) is 3.24. The van der Waals surface area contributed by atoms with Crippen molar-refractivity contribution in [2.75, 3.05) is 44.2 Å². The molecule has 2 aliphatic heterocycles. The second-order valence-corrected chi connectivity index (χ2v) is 10.8. The molecule has 2 heterocycles. The van der Waals surface area contributed by atoms with Gasteiger partial charge in [0.05, 0.1) is 17.2 Å². The number of amides is 1. The topological polar surface area (TPSA) is 70.2 Å². The summed E-state index contributed by atoms with van der Waals surface area (Å²) < 4.78 is 46.8. The Labute approximate surface area is 198 Å². The zero-order valence-corrected chi connectivity index (χ0v) is 20.2. The fourth-order valence-electron chi connectivity index (χ4n) is 4.30. The number of hydrogen-bond donors (Lipinski definition) is 0. The van der Waals surface area contributed by atoms with Crippen LogP contribution in [0.15, 0.2) is 47.4 Å². The van der Waals surface area contributed by atoms with Gasteiger partial charge in [-0.3, -0.25) is 4.79 Å². The summed E-state index contributed by atoms with van der Waals surface area (Å²) in [4.78, 5) is 16.9. The van der Waals surface area contributed by atoms with Crippen molar-refractivity contribution in [1.29, 1.82) is 0 Å². The Kier molecular flexibility index (Phi) is 6.95. The van der Waals surface area contributed by atoms with Crippen LogP contribution < -0.4 is 4.90 Å². The van der Waals surface area contributed by atoms with Crippen molar-refractivity contribution in [3.05, 3.63) is 58.9 Å². The quantitative estimate of drug-likeness (QED) is 0.651. The third-order valence-corrected chi connectivity index (χ3v) is 8.25. The third-order valence-electron chi connectivity index (χ3n) is 5.94. The highest BCUT2D eigenvalue weighted by Gasteiger charge is 2.34. The average Bonchev–Trinajstić information content (AvgIpc) is 2.79. The molecule has 1 amide bonds. The van der Waals surface area contributed by atoms with E-state index < -0.39 is 10.0 Å². The van der Waals surface area contributed by atoms with Crippen molar-refractivity contribution in [3.8, 4) is 0 Å². The molecule has 0 aromatic heterocycles. The number of ether oxygens (including phenoxy) is 1. The van der Waals surface area contributed by atoms with Crippen molar-refractivity contribution in [2.45, 2.75) is 31.0 Å². The van der Waals surface area contributed by atoms with Gasteiger partial charge in [0.15, 0.2) is 0 Å². The molecule has 0 saturated carbocycles. The highest BCUT2D eigenvalue weighted by atomic mass is 35.5. The summed E-state index contributed by atoms with van der Waals surface area (Å²) >= 11 is 6.27. The van der Waals surface area contributed by atoms with Gasteiger partial charge in [0.25, 0.3) is 5.91 Å². The Hall–Kier alpha value is -2.20. The van der Waals surface area contributed by atoms with Crippen LogP contribution in [0, 0.1) is 5.82 Å². The van der Waals surface area contributed by atoms with Gasteiger partial charge in [-0.2, -0.15) is 4.31 Å². The fourth-order valence-corrected chi connectivity index (χ4v) is 6.39. The van der Waals surface area contributed by atoms with Gasteiger partial charge in [0.1, 0.15) is 10.7 Å². The number of carbonyl (C=O) groups excluding carboxylic acids is 1. The lowest BCUT2D eigenvalue weighted by atomic mass is 10.1. The molecule has 0 radical (unpaired) electrons. The van der Waals surface area contributed by atoms with Gasteiger partial charge in [0.2, 0.25) is 10.0 Å². The van der Waals surface area contributed by atoms with Crippen molar-refractivity contribution < 1.29 is 22.3 Å². The highest BCUT2D eigenvalue weighted by molar-refractivity contribution is 7.89. The number of piperazine rings is 1. The van der Waals surface area contributed by atoms with Gasteiger partial charge in [-0.1, -0.05) is 11.6 Å². The van der Waals surface area contributed by atoms with E-state index in [9.17, 15) is 17.6 Å². The summed E-state index contributed by atoms with van der Waals surface area (Å²) in [5.41, 5.74) is 1.18. The molecular formula is C23H27ClFN3O4S. The number of benzene rings is 2. The fraction of sp³-hybridized carbons (Fsp3) is 0.435. The number of hydrogen-bond acceptors (Lipinski definition) is 5. The lowest BCUT2D eigenvalue weighted by molar-refractivity contribution is -0.0440. The van der Waals surface area contributed by atoms with Gasteiger partial charge >= 0.3 is 0 Å². The number of sulfonamides is 1. The lowest BCUT2D eigenvalue weighted by Gasteiger charge is -2.36. The van der Waals surface area contributed by atoms with Crippen LogP contribution in [0.25, 0.3) is 0 Å². The minimum atomic E-state index is -3.88. The summed E-state index contributed by atoms with van der Waals surface area (Å²) in [6, 6.07) is 10.7. The van der Waals surface area contributed by atoms with Crippen molar-refractivity contribution in [1.82, 2.24) is 9.21 Å². The first kappa shape index (κ1) is 23.9. The summed E-state index contributed by atoms with van der Waals surface area (Å²) in [5, 5.41) is 0.0828. The molecule has 2 aromatic rings. The largest absolute Gasteiger partial charge is 0.373 e. The predicted molar refractivity (Wildman–Crippen MR) is 125 cm³/mol. The molecule has 0 spiro atoms. The van der Waals surface area contributed by atoms with Crippen molar-refractivity contribution >= 4 is 33.2 Å². The Bertz CT molecular complexity index is 1110. The number of carbonyl (C=O) groups is 1. The first-order chi connectivity index (χ1) is 15.6. The third kappa shape index (κ3) is 5.16. The minimum Gasteiger partial charge on any atom is -0.373 e. The second kappa shape index (κ2) is 9.58. The lowest BCUT2D eigenvalue weighted by Crippen LogP contribution is -2.49. The number of halogens is 2. The number of nitrogens with zero attached hydrogens (tertiary/aromatic N) is 3. The monoisotopic (exact) mass is 495 g/mol. The second-order valence-electron chi connectivity index (χ2n) is 8.48. The molecule has 10 heteroatoms. The number of anilines is 1. The maximum atomic E-state index is 13.3. The van der Waals surface area contributed by atoms with Crippen molar-refractivity contribution in [3.63, 3.8) is 0 Å². The molecule has 4 rings (SSSR count). The summed E-state index contributed by atoms with van der Waals surface area (Å²) in [6.07, 6.45) is -0.464. The van der Waals surface area contributed by atoms with E-state index in [-0.39, 0.29) is 52.5 Å². The summed E-state index contributed by atoms with van der Waals surface area (Å²) in [6.45, 7) is 6.24. The smallest absolute Gasteiger partial charge is 0.254 e. The van der Waals surface area contributed by atoms with Crippen LogP contribution in [-0.4, -0.2) is 75.0 Å². The van der Waals surface area contributed by atoms with Crippen molar-refractivity contribution in [2.24, 2.45) is 0 Å².